The molecule has 0 aliphatic rings. The number of carboxylic acids is 1. The third kappa shape index (κ3) is 3.55. The van der Waals surface area contributed by atoms with Gasteiger partial charge in [0.1, 0.15) is 5.82 Å². The number of rotatable bonds is 5. The number of carbonyl (C=O) groups excluding carboxylic acids is 1. The van der Waals surface area contributed by atoms with Gasteiger partial charge in [0.05, 0.1) is 5.92 Å². The van der Waals surface area contributed by atoms with Crippen molar-refractivity contribution in [2.45, 2.75) is 13.8 Å². The molecular formula is C13H16FNO3. The normalized spacial score (nSPS) is 11.9. The maximum Gasteiger partial charge on any atom is 0.308 e. The number of aliphatic carboxylic acids is 1. The van der Waals surface area contributed by atoms with Crippen LogP contribution in [0.15, 0.2) is 24.3 Å². The lowest BCUT2D eigenvalue weighted by Gasteiger charge is -2.22. The number of carbonyl (C=O) groups is 2. The molecule has 0 radical (unpaired) electrons. The Morgan fingerprint density at radius 3 is 2.61 bits per heavy atom. The van der Waals surface area contributed by atoms with Gasteiger partial charge in [0.25, 0.3) is 5.91 Å². The van der Waals surface area contributed by atoms with E-state index in [1.807, 2.05) is 0 Å². The lowest BCUT2D eigenvalue weighted by molar-refractivity contribution is -0.141. The topological polar surface area (TPSA) is 57.6 Å². The molecule has 0 bridgehead atoms. The fraction of sp³-hybridized carbons (Fsp3) is 0.385. The molecule has 1 rings (SSSR count). The van der Waals surface area contributed by atoms with Crippen LogP contribution >= 0.6 is 0 Å². The largest absolute Gasteiger partial charge is 0.481 e. The van der Waals surface area contributed by atoms with Gasteiger partial charge in [-0.1, -0.05) is 13.0 Å². The standard InChI is InChI=1S/C13H16FNO3/c1-3-15(8-9(2)13(17)18)12(16)10-5-4-6-11(14)7-10/h4-7,9H,3,8H2,1-2H3,(H,17,18). The lowest BCUT2D eigenvalue weighted by atomic mass is 10.1. The molecule has 1 atom stereocenters. The van der Waals surface area contributed by atoms with Crippen molar-refractivity contribution in [3.63, 3.8) is 0 Å². The maximum absolute atomic E-state index is 13.0. The zero-order chi connectivity index (χ0) is 13.7. The van der Waals surface area contributed by atoms with Crippen LogP contribution in [0.25, 0.3) is 0 Å². The molecule has 0 aliphatic carbocycles. The smallest absolute Gasteiger partial charge is 0.308 e. The number of amides is 1. The van der Waals surface area contributed by atoms with E-state index in [9.17, 15) is 14.0 Å². The fourth-order valence-corrected chi connectivity index (χ4v) is 1.57. The van der Waals surface area contributed by atoms with E-state index in [-0.39, 0.29) is 18.0 Å². The monoisotopic (exact) mass is 253 g/mol. The van der Waals surface area contributed by atoms with Gasteiger partial charge in [0.15, 0.2) is 0 Å². The van der Waals surface area contributed by atoms with Crippen LogP contribution < -0.4 is 0 Å². The van der Waals surface area contributed by atoms with Crippen molar-refractivity contribution in [3.05, 3.63) is 35.6 Å². The zero-order valence-electron chi connectivity index (χ0n) is 10.4. The summed E-state index contributed by atoms with van der Waals surface area (Å²) >= 11 is 0. The average molecular weight is 253 g/mol. The minimum Gasteiger partial charge on any atom is -0.481 e. The molecule has 5 heteroatoms. The van der Waals surface area contributed by atoms with E-state index in [0.29, 0.717) is 6.54 Å². The highest BCUT2D eigenvalue weighted by Gasteiger charge is 2.20. The van der Waals surface area contributed by atoms with Crippen molar-refractivity contribution in [2.24, 2.45) is 5.92 Å². The molecule has 0 spiro atoms. The summed E-state index contributed by atoms with van der Waals surface area (Å²) in [5.74, 6) is -2.45. The number of carboxylic acid groups (broad SMARTS) is 1. The highest BCUT2D eigenvalue weighted by atomic mass is 19.1. The molecule has 0 aliphatic heterocycles. The van der Waals surface area contributed by atoms with E-state index in [1.165, 1.54) is 30.0 Å². The Balaban J connectivity index is 2.82. The predicted molar refractivity (Wildman–Crippen MR) is 64.8 cm³/mol. The number of hydrogen-bond donors (Lipinski definition) is 1. The third-order valence-corrected chi connectivity index (χ3v) is 2.66. The molecule has 0 saturated carbocycles. The summed E-state index contributed by atoms with van der Waals surface area (Å²) in [7, 11) is 0. The predicted octanol–water partition coefficient (Wildman–Crippen LogP) is 2.01. The molecular weight excluding hydrogens is 237 g/mol. The van der Waals surface area contributed by atoms with Gasteiger partial charge in [0, 0.05) is 18.7 Å². The SMILES string of the molecule is CCN(CC(C)C(=O)O)C(=O)c1cccc(F)c1. The Labute approximate surface area is 105 Å². The van der Waals surface area contributed by atoms with Crippen LogP contribution in [0.3, 0.4) is 0 Å². The van der Waals surface area contributed by atoms with E-state index >= 15 is 0 Å². The van der Waals surface area contributed by atoms with Crippen molar-refractivity contribution >= 4 is 11.9 Å². The molecule has 1 aromatic rings. The van der Waals surface area contributed by atoms with Gasteiger partial charge in [-0.3, -0.25) is 9.59 Å². The molecule has 1 aromatic carbocycles. The summed E-state index contributed by atoms with van der Waals surface area (Å²) in [6.07, 6.45) is 0. The van der Waals surface area contributed by atoms with E-state index < -0.39 is 17.7 Å². The molecule has 1 N–H and O–H groups in total. The van der Waals surface area contributed by atoms with E-state index in [2.05, 4.69) is 0 Å². The second-order valence-corrected chi connectivity index (χ2v) is 4.09. The summed E-state index contributed by atoms with van der Waals surface area (Å²) in [5.41, 5.74) is 0.231. The summed E-state index contributed by atoms with van der Waals surface area (Å²) in [4.78, 5) is 24.2. The van der Waals surface area contributed by atoms with Gasteiger partial charge < -0.3 is 10.0 Å². The van der Waals surface area contributed by atoms with Crippen molar-refractivity contribution in [1.29, 1.82) is 0 Å². The minimum atomic E-state index is -0.958. The first-order valence-electron chi connectivity index (χ1n) is 5.73. The van der Waals surface area contributed by atoms with Crippen LogP contribution in [-0.4, -0.2) is 35.0 Å². The molecule has 1 unspecified atom stereocenters. The van der Waals surface area contributed by atoms with Crippen molar-refractivity contribution in [1.82, 2.24) is 4.90 Å². The second-order valence-electron chi connectivity index (χ2n) is 4.09. The van der Waals surface area contributed by atoms with Gasteiger partial charge in [-0.15, -0.1) is 0 Å². The Kier molecular flexibility index (Phi) is 4.83. The van der Waals surface area contributed by atoms with Gasteiger partial charge in [-0.05, 0) is 25.1 Å². The Morgan fingerprint density at radius 1 is 1.44 bits per heavy atom. The van der Waals surface area contributed by atoms with E-state index in [0.717, 1.165) is 6.07 Å². The summed E-state index contributed by atoms with van der Waals surface area (Å²) in [6, 6.07) is 5.37. The fourth-order valence-electron chi connectivity index (χ4n) is 1.57. The summed E-state index contributed by atoms with van der Waals surface area (Å²) < 4.78 is 13.0. The quantitative estimate of drug-likeness (QED) is 0.873. The van der Waals surface area contributed by atoms with Crippen molar-refractivity contribution in [2.75, 3.05) is 13.1 Å². The van der Waals surface area contributed by atoms with Crippen LogP contribution in [0, 0.1) is 11.7 Å². The number of hydrogen-bond acceptors (Lipinski definition) is 2. The van der Waals surface area contributed by atoms with Crippen LogP contribution in [0.1, 0.15) is 24.2 Å². The number of nitrogens with zero attached hydrogens (tertiary/aromatic N) is 1. The van der Waals surface area contributed by atoms with Gasteiger partial charge in [0.2, 0.25) is 0 Å². The Bertz CT molecular complexity index is 448. The molecule has 4 nitrogen and oxygen atoms in total. The summed E-state index contributed by atoms with van der Waals surface area (Å²) in [5, 5.41) is 8.82. The maximum atomic E-state index is 13.0. The van der Waals surface area contributed by atoms with E-state index in [4.69, 9.17) is 5.11 Å². The van der Waals surface area contributed by atoms with Crippen molar-refractivity contribution in [3.8, 4) is 0 Å². The highest BCUT2D eigenvalue weighted by molar-refractivity contribution is 5.94. The van der Waals surface area contributed by atoms with Gasteiger partial charge in [-0.2, -0.15) is 0 Å². The van der Waals surface area contributed by atoms with Gasteiger partial charge in [-0.25, -0.2) is 4.39 Å². The Hall–Kier alpha value is -1.91. The first-order valence-corrected chi connectivity index (χ1v) is 5.73. The Morgan fingerprint density at radius 2 is 2.11 bits per heavy atom. The first kappa shape index (κ1) is 14.2. The summed E-state index contributed by atoms with van der Waals surface area (Å²) in [6.45, 7) is 3.78. The zero-order valence-corrected chi connectivity index (χ0v) is 10.4. The second kappa shape index (κ2) is 6.14. The molecule has 0 fully saturated rings. The van der Waals surface area contributed by atoms with Crippen LogP contribution in [-0.2, 0) is 4.79 Å². The lowest BCUT2D eigenvalue weighted by Crippen LogP contribution is -2.36. The number of benzene rings is 1. The van der Waals surface area contributed by atoms with Crippen LogP contribution in [0.2, 0.25) is 0 Å². The molecule has 1 amide bonds. The third-order valence-electron chi connectivity index (χ3n) is 2.66. The molecule has 98 valence electrons. The average Bonchev–Trinajstić information content (AvgIpc) is 2.34. The molecule has 0 heterocycles. The number of halogens is 1. The molecule has 18 heavy (non-hydrogen) atoms. The van der Waals surface area contributed by atoms with Crippen molar-refractivity contribution < 1.29 is 19.1 Å². The van der Waals surface area contributed by atoms with Gasteiger partial charge >= 0.3 is 5.97 Å². The minimum absolute atomic E-state index is 0.112. The molecule has 0 saturated heterocycles. The molecule has 0 aromatic heterocycles. The first-order chi connectivity index (χ1) is 8.45. The highest BCUT2D eigenvalue weighted by Crippen LogP contribution is 2.09. The van der Waals surface area contributed by atoms with Crippen LogP contribution in [0.5, 0.6) is 0 Å². The van der Waals surface area contributed by atoms with Crippen LogP contribution in [0.4, 0.5) is 4.39 Å². The van der Waals surface area contributed by atoms with E-state index in [1.54, 1.807) is 6.92 Å².